The Morgan fingerprint density at radius 1 is 0.596 bits per heavy atom. The van der Waals surface area contributed by atoms with Crippen LogP contribution in [0.15, 0.2) is 85.1 Å². The molecule has 0 fully saturated rings. The second kappa shape index (κ2) is 34.6. The number of allylic oxidation sites excluding steroid dienone is 13. The highest BCUT2D eigenvalue weighted by Gasteiger charge is 2.25. The molecule has 0 radical (unpaired) electrons. The van der Waals surface area contributed by atoms with Crippen LogP contribution in [0.2, 0.25) is 0 Å². The lowest BCUT2D eigenvalue weighted by Crippen LogP contribution is -2.55. The van der Waals surface area contributed by atoms with E-state index in [4.69, 9.17) is 14.2 Å². The first-order valence-corrected chi connectivity index (χ1v) is 19.6. The predicted molar refractivity (Wildman–Crippen MR) is 212 cm³/mol. The van der Waals surface area contributed by atoms with Crippen LogP contribution in [-0.2, 0) is 28.6 Å². The van der Waals surface area contributed by atoms with Crippen LogP contribution in [0.25, 0.3) is 0 Å². The molecule has 0 aliphatic rings. The van der Waals surface area contributed by atoms with Crippen LogP contribution >= 0.6 is 0 Å². The molecule has 0 aromatic carbocycles. The summed E-state index contributed by atoms with van der Waals surface area (Å²) in [5.74, 6) is -1.92. The number of hydrogen-bond acceptors (Lipinski definition) is 7. The molecule has 0 amide bonds. The fourth-order valence-electron chi connectivity index (χ4n) is 5.06. The number of carboxylic acids is 1. The summed E-state index contributed by atoms with van der Waals surface area (Å²) >= 11 is 0. The molecule has 0 aromatic heterocycles. The van der Waals surface area contributed by atoms with Gasteiger partial charge in [0.25, 0.3) is 0 Å². The number of ether oxygens (including phenoxy) is 3. The summed E-state index contributed by atoms with van der Waals surface area (Å²) in [5.41, 5.74) is 0. The zero-order valence-electron chi connectivity index (χ0n) is 33.2. The Bertz CT molecular complexity index is 1120. The van der Waals surface area contributed by atoms with Gasteiger partial charge in [0, 0.05) is 12.8 Å². The van der Waals surface area contributed by atoms with Crippen molar-refractivity contribution in [2.24, 2.45) is 0 Å². The summed E-state index contributed by atoms with van der Waals surface area (Å²) < 4.78 is 16.9. The van der Waals surface area contributed by atoms with E-state index in [1.165, 1.54) is 12.8 Å². The molecular weight excluding hydrogens is 654 g/mol. The number of rotatable bonds is 33. The first kappa shape index (κ1) is 48.5. The maximum Gasteiger partial charge on any atom is 0.310 e. The molecular formula is C44H71NO7. The maximum absolute atomic E-state index is 12.5. The number of nitrogens with zero attached hydrogens (tertiary/aromatic N) is 1. The minimum atomic E-state index is -1.14. The van der Waals surface area contributed by atoms with Crippen LogP contribution in [0, 0.1) is 0 Å². The van der Waals surface area contributed by atoms with Gasteiger partial charge in [-0.15, -0.1) is 0 Å². The van der Waals surface area contributed by atoms with Crippen LogP contribution in [-0.4, -0.2) is 75.5 Å². The highest BCUT2D eigenvalue weighted by atomic mass is 16.6. The van der Waals surface area contributed by atoms with Crippen molar-refractivity contribution in [1.29, 1.82) is 0 Å². The maximum atomic E-state index is 12.5. The summed E-state index contributed by atoms with van der Waals surface area (Å²) in [6.07, 6.45) is 43.7. The summed E-state index contributed by atoms with van der Waals surface area (Å²) in [5, 5.41) is 11.6. The minimum Gasteiger partial charge on any atom is -0.544 e. The van der Waals surface area contributed by atoms with Crippen molar-refractivity contribution in [3.63, 3.8) is 0 Å². The third kappa shape index (κ3) is 32.4. The largest absolute Gasteiger partial charge is 0.544 e. The molecule has 0 rings (SSSR count). The number of carbonyl (C=O) groups is 3. The fraction of sp³-hybridized carbons (Fsp3) is 0.614. The average molecular weight is 726 g/mol. The van der Waals surface area contributed by atoms with E-state index in [2.05, 4.69) is 80.7 Å². The molecule has 0 aliphatic heterocycles. The van der Waals surface area contributed by atoms with E-state index in [0.717, 1.165) is 77.0 Å². The molecule has 8 nitrogen and oxygen atoms in total. The van der Waals surface area contributed by atoms with E-state index in [1.54, 1.807) is 27.2 Å². The molecule has 2 atom stereocenters. The van der Waals surface area contributed by atoms with E-state index in [0.29, 0.717) is 6.42 Å². The second-order valence-electron chi connectivity index (χ2n) is 13.8. The smallest absolute Gasteiger partial charge is 0.310 e. The van der Waals surface area contributed by atoms with Gasteiger partial charge in [-0.3, -0.25) is 9.59 Å². The van der Waals surface area contributed by atoms with Gasteiger partial charge in [-0.2, -0.15) is 0 Å². The zero-order chi connectivity index (χ0) is 38.5. The van der Waals surface area contributed by atoms with Gasteiger partial charge in [0.15, 0.2) is 6.10 Å². The lowest BCUT2D eigenvalue weighted by atomic mass is 10.1. The lowest BCUT2D eigenvalue weighted by Gasteiger charge is -2.34. The fourth-order valence-corrected chi connectivity index (χ4v) is 5.06. The zero-order valence-corrected chi connectivity index (χ0v) is 33.2. The third-order valence-corrected chi connectivity index (χ3v) is 8.06. The van der Waals surface area contributed by atoms with E-state index in [9.17, 15) is 19.5 Å². The Morgan fingerprint density at radius 2 is 1.08 bits per heavy atom. The Balaban J connectivity index is 4.42. The van der Waals surface area contributed by atoms with Crippen molar-refractivity contribution < 1.29 is 38.2 Å². The molecule has 294 valence electrons. The van der Waals surface area contributed by atoms with Gasteiger partial charge >= 0.3 is 11.9 Å². The van der Waals surface area contributed by atoms with Gasteiger partial charge in [-0.1, -0.05) is 125 Å². The number of aliphatic carboxylic acids is 1. The molecule has 2 unspecified atom stereocenters. The number of carbonyl (C=O) groups excluding carboxylic acids is 3. The Labute approximate surface area is 316 Å². The molecule has 0 aromatic rings. The van der Waals surface area contributed by atoms with E-state index < -0.39 is 24.1 Å². The number of carboxylic acid groups (broad SMARTS) is 1. The molecule has 0 aliphatic carbocycles. The average Bonchev–Trinajstić information content (AvgIpc) is 3.09. The van der Waals surface area contributed by atoms with Crippen molar-refractivity contribution in [3.8, 4) is 0 Å². The van der Waals surface area contributed by atoms with Crippen LogP contribution in [0.4, 0.5) is 0 Å². The topological polar surface area (TPSA) is 102 Å². The van der Waals surface area contributed by atoms with E-state index in [1.807, 2.05) is 12.2 Å². The van der Waals surface area contributed by atoms with Crippen molar-refractivity contribution in [1.82, 2.24) is 0 Å². The Hall–Kier alpha value is -3.49. The normalized spacial score (nSPS) is 13.9. The van der Waals surface area contributed by atoms with Crippen molar-refractivity contribution in [2.75, 3.05) is 41.0 Å². The molecule has 0 saturated carbocycles. The molecule has 0 saturated heterocycles. The molecule has 0 bridgehead atoms. The number of esters is 2. The van der Waals surface area contributed by atoms with Gasteiger partial charge in [-0.05, 0) is 64.2 Å². The molecule has 52 heavy (non-hydrogen) atoms. The quantitative estimate of drug-likeness (QED) is 0.0288. The Morgan fingerprint density at radius 3 is 1.60 bits per heavy atom. The van der Waals surface area contributed by atoms with Crippen molar-refractivity contribution in [2.45, 2.75) is 135 Å². The van der Waals surface area contributed by atoms with Gasteiger partial charge < -0.3 is 28.6 Å². The van der Waals surface area contributed by atoms with Crippen molar-refractivity contribution >= 4 is 17.9 Å². The molecule has 0 heterocycles. The highest BCUT2D eigenvalue weighted by molar-refractivity contribution is 5.71. The molecule has 0 spiro atoms. The second-order valence-corrected chi connectivity index (χ2v) is 13.8. The van der Waals surface area contributed by atoms with Crippen molar-refractivity contribution in [3.05, 3.63) is 85.1 Å². The summed E-state index contributed by atoms with van der Waals surface area (Å²) in [6, 6.07) is -0.744. The SMILES string of the molecule is CC/C=C/C/C=C/C/C=C/C/C=C/CCCCCCCCC(=O)OCC(COCCC(C(=O)[O-])[N+](C)(C)C)OC(=O)C/C=C/C/C=C/C/C=C/CC. The predicted octanol–water partition coefficient (Wildman–Crippen LogP) is 8.85. The molecule has 8 heteroatoms. The minimum absolute atomic E-state index is 0.00538. The highest BCUT2D eigenvalue weighted by Crippen LogP contribution is 2.11. The first-order valence-electron chi connectivity index (χ1n) is 19.6. The van der Waals surface area contributed by atoms with Crippen LogP contribution in [0.3, 0.4) is 0 Å². The van der Waals surface area contributed by atoms with Gasteiger partial charge in [0.2, 0.25) is 0 Å². The number of hydrogen-bond donors (Lipinski definition) is 0. The summed E-state index contributed by atoms with van der Waals surface area (Å²) in [6.45, 7) is 4.27. The van der Waals surface area contributed by atoms with E-state index in [-0.39, 0.29) is 43.1 Å². The van der Waals surface area contributed by atoms with Crippen LogP contribution in [0.1, 0.15) is 123 Å². The van der Waals surface area contributed by atoms with E-state index >= 15 is 0 Å². The summed E-state index contributed by atoms with van der Waals surface area (Å²) in [7, 11) is 5.35. The number of likely N-dealkylation sites (N-methyl/N-ethyl adjacent to an activating group) is 1. The lowest BCUT2D eigenvalue weighted by molar-refractivity contribution is -0.889. The van der Waals surface area contributed by atoms with Crippen LogP contribution in [0.5, 0.6) is 0 Å². The van der Waals surface area contributed by atoms with Gasteiger partial charge in [0.1, 0.15) is 12.6 Å². The third-order valence-electron chi connectivity index (χ3n) is 8.06. The standard InChI is InChI=1S/C44H71NO7/c1-6-8-10-12-14-16-17-18-19-20-21-22-23-24-25-27-28-30-32-34-42(46)51-39-40(38-50-37-36-41(44(48)49)45(3,4)5)52-43(47)35-33-31-29-26-15-13-11-9-7-2/h8-11,14-16,18-19,21-22,26,31,33,40-41H,6-7,12-13,17,20,23-25,27-30,32,34-39H2,1-5H3/b10-8+,11-9+,16-14+,19-18+,22-21+,26-15+,33-31+. The van der Waals surface area contributed by atoms with Gasteiger partial charge in [0.05, 0.1) is 46.7 Å². The van der Waals surface area contributed by atoms with Gasteiger partial charge in [-0.25, -0.2) is 0 Å². The molecule has 0 N–H and O–H groups in total. The number of quaternary nitrogens is 1. The van der Waals surface area contributed by atoms with Crippen LogP contribution < -0.4 is 5.11 Å². The number of unbranched alkanes of at least 4 members (excludes halogenated alkanes) is 6. The summed E-state index contributed by atoms with van der Waals surface area (Å²) in [4.78, 5) is 36.6. The first-order chi connectivity index (χ1) is 25.1. The monoisotopic (exact) mass is 726 g/mol. The Kier molecular flexibility index (Phi) is 32.3.